The first-order valence-corrected chi connectivity index (χ1v) is 10.9. The Hall–Kier alpha value is -3.12. The van der Waals surface area contributed by atoms with Crippen LogP contribution < -0.4 is 5.32 Å². The van der Waals surface area contributed by atoms with Crippen molar-refractivity contribution < 1.29 is 14.0 Å². The molecule has 0 atom stereocenters. The number of amides is 2. The van der Waals surface area contributed by atoms with E-state index in [1.54, 1.807) is 29.2 Å². The molecular weight excluding hydrogens is 456 g/mol. The third-order valence-electron chi connectivity index (χ3n) is 4.89. The van der Waals surface area contributed by atoms with Gasteiger partial charge in [-0.2, -0.15) is 0 Å². The molecule has 3 aromatic rings. The Bertz CT molecular complexity index is 1080. The normalized spacial score (nSPS) is 11.3. The molecular formula is C25H25BrN2O3. The first-order chi connectivity index (χ1) is 14.9. The number of halogens is 1. The van der Waals surface area contributed by atoms with Crippen LogP contribution in [-0.2, 0) is 4.79 Å². The van der Waals surface area contributed by atoms with Gasteiger partial charge in [-0.25, -0.2) is 0 Å². The van der Waals surface area contributed by atoms with Gasteiger partial charge in [0.15, 0.2) is 0 Å². The Balaban J connectivity index is 1.91. The maximum atomic E-state index is 13.0. The van der Waals surface area contributed by atoms with Gasteiger partial charge in [0.2, 0.25) is 0 Å². The van der Waals surface area contributed by atoms with Gasteiger partial charge in [-0.3, -0.25) is 9.59 Å². The Morgan fingerprint density at radius 2 is 1.61 bits per heavy atom. The summed E-state index contributed by atoms with van der Waals surface area (Å²) in [5.74, 6) is 0.564. The van der Waals surface area contributed by atoms with Gasteiger partial charge >= 0.3 is 0 Å². The van der Waals surface area contributed by atoms with E-state index in [0.29, 0.717) is 30.2 Å². The summed E-state index contributed by atoms with van der Waals surface area (Å²) in [5, 5.41) is 2.77. The molecule has 5 nitrogen and oxygen atoms in total. The highest BCUT2D eigenvalue weighted by molar-refractivity contribution is 9.10. The number of carbonyl (C=O) groups excluding carboxylic acids is 2. The molecule has 160 valence electrons. The third-order valence-corrected chi connectivity index (χ3v) is 5.41. The van der Waals surface area contributed by atoms with Crippen molar-refractivity contribution in [1.82, 2.24) is 10.2 Å². The molecule has 1 N–H and O–H groups in total. The lowest BCUT2D eigenvalue weighted by Crippen LogP contribution is -2.38. The largest absolute Gasteiger partial charge is 0.457 e. The van der Waals surface area contributed by atoms with Crippen molar-refractivity contribution in [2.24, 2.45) is 0 Å². The van der Waals surface area contributed by atoms with Crippen LogP contribution in [0.15, 0.2) is 75.3 Å². The minimum Gasteiger partial charge on any atom is -0.457 e. The van der Waals surface area contributed by atoms with Gasteiger partial charge in [-0.15, -0.1) is 0 Å². The fraction of sp³-hybridized carbons (Fsp3) is 0.200. The van der Waals surface area contributed by atoms with Crippen LogP contribution in [0.5, 0.6) is 0 Å². The highest BCUT2D eigenvalue weighted by atomic mass is 79.9. The van der Waals surface area contributed by atoms with E-state index in [0.717, 1.165) is 15.6 Å². The van der Waals surface area contributed by atoms with Crippen LogP contribution in [0.4, 0.5) is 0 Å². The van der Waals surface area contributed by atoms with Crippen LogP contribution in [0.25, 0.3) is 17.4 Å². The molecule has 0 bridgehead atoms. The van der Waals surface area contributed by atoms with Crippen LogP contribution in [-0.4, -0.2) is 29.8 Å². The SMILES string of the molecule is CCN(CC)C(=O)/C(=C/c1ccc(-c2ccc(Br)cc2)o1)NC(=O)c1ccc(C)cc1. The van der Waals surface area contributed by atoms with E-state index >= 15 is 0 Å². The molecule has 0 spiro atoms. The van der Waals surface area contributed by atoms with E-state index < -0.39 is 0 Å². The fourth-order valence-electron chi connectivity index (χ4n) is 3.07. The van der Waals surface area contributed by atoms with Gasteiger partial charge in [-0.1, -0.05) is 45.8 Å². The zero-order chi connectivity index (χ0) is 22.4. The number of hydrogen-bond donors (Lipinski definition) is 1. The van der Waals surface area contributed by atoms with E-state index in [2.05, 4.69) is 21.2 Å². The second-order valence-electron chi connectivity index (χ2n) is 7.06. The Morgan fingerprint density at radius 1 is 0.968 bits per heavy atom. The third kappa shape index (κ3) is 5.73. The Morgan fingerprint density at radius 3 is 2.23 bits per heavy atom. The maximum absolute atomic E-state index is 13.0. The molecule has 0 saturated carbocycles. The average Bonchev–Trinajstić information content (AvgIpc) is 3.23. The summed E-state index contributed by atoms with van der Waals surface area (Å²) < 4.78 is 6.91. The summed E-state index contributed by atoms with van der Waals surface area (Å²) in [5.41, 5.74) is 2.63. The molecule has 0 aliphatic heterocycles. The second-order valence-corrected chi connectivity index (χ2v) is 7.98. The van der Waals surface area contributed by atoms with Gasteiger partial charge < -0.3 is 14.6 Å². The number of likely N-dealkylation sites (N-methyl/N-ethyl adjacent to an activating group) is 1. The van der Waals surface area contributed by atoms with Crippen LogP contribution in [0, 0.1) is 6.92 Å². The van der Waals surface area contributed by atoms with Crippen molar-refractivity contribution in [2.45, 2.75) is 20.8 Å². The second kappa shape index (κ2) is 10.3. The number of carbonyl (C=O) groups is 2. The number of nitrogens with one attached hydrogen (secondary N) is 1. The first kappa shape index (κ1) is 22.6. The quantitative estimate of drug-likeness (QED) is 0.443. The van der Waals surface area contributed by atoms with Gasteiger partial charge in [0.1, 0.15) is 17.2 Å². The maximum Gasteiger partial charge on any atom is 0.270 e. The lowest BCUT2D eigenvalue weighted by molar-refractivity contribution is -0.127. The minimum atomic E-state index is -0.341. The van der Waals surface area contributed by atoms with Gasteiger partial charge in [0, 0.05) is 34.8 Å². The zero-order valence-electron chi connectivity index (χ0n) is 17.8. The number of benzene rings is 2. The summed E-state index contributed by atoms with van der Waals surface area (Å²) in [6.07, 6.45) is 1.58. The molecule has 0 unspecified atom stereocenters. The molecule has 6 heteroatoms. The van der Waals surface area contributed by atoms with E-state index in [1.807, 2.05) is 63.2 Å². The first-order valence-electron chi connectivity index (χ1n) is 10.2. The number of nitrogens with zero attached hydrogens (tertiary/aromatic N) is 1. The zero-order valence-corrected chi connectivity index (χ0v) is 19.4. The molecule has 0 aliphatic rings. The summed E-state index contributed by atoms with van der Waals surface area (Å²) in [7, 11) is 0. The molecule has 2 aromatic carbocycles. The van der Waals surface area contributed by atoms with Crippen molar-refractivity contribution in [3.8, 4) is 11.3 Å². The van der Waals surface area contributed by atoms with E-state index in [9.17, 15) is 9.59 Å². The molecule has 1 heterocycles. The van der Waals surface area contributed by atoms with Crippen molar-refractivity contribution in [1.29, 1.82) is 0 Å². The summed E-state index contributed by atoms with van der Waals surface area (Å²) in [4.78, 5) is 27.5. The number of aryl methyl sites for hydroxylation is 1. The van der Waals surface area contributed by atoms with Crippen molar-refractivity contribution >= 4 is 33.8 Å². The molecule has 31 heavy (non-hydrogen) atoms. The van der Waals surface area contributed by atoms with Gasteiger partial charge in [0.25, 0.3) is 11.8 Å². The number of hydrogen-bond acceptors (Lipinski definition) is 3. The predicted molar refractivity (Wildman–Crippen MR) is 126 cm³/mol. The molecule has 0 saturated heterocycles. The minimum absolute atomic E-state index is 0.172. The van der Waals surface area contributed by atoms with Crippen molar-refractivity contribution in [3.63, 3.8) is 0 Å². The van der Waals surface area contributed by atoms with Crippen LogP contribution in [0.2, 0.25) is 0 Å². The lowest BCUT2D eigenvalue weighted by atomic mass is 10.1. The summed E-state index contributed by atoms with van der Waals surface area (Å²) in [6, 6.07) is 18.6. The standard InChI is InChI=1S/C25H25BrN2O3/c1-4-28(5-2)25(30)22(27-24(29)19-8-6-17(3)7-9-19)16-21-14-15-23(31-21)18-10-12-20(26)13-11-18/h6-16H,4-5H2,1-3H3,(H,27,29)/b22-16-. The van der Waals surface area contributed by atoms with E-state index in [1.165, 1.54) is 0 Å². The molecule has 0 aliphatic carbocycles. The Labute approximate surface area is 190 Å². The van der Waals surface area contributed by atoms with Gasteiger partial charge in [0.05, 0.1) is 0 Å². The van der Waals surface area contributed by atoms with Crippen molar-refractivity contribution in [3.05, 3.63) is 87.7 Å². The van der Waals surface area contributed by atoms with Crippen LogP contribution in [0.3, 0.4) is 0 Å². The molecule has 0 radical (unpaired) electrons. The highest BCUT2D eigenvalue weighted by Gasteiger charge is 2.19. The topological polar surface area (TPSA) is 62.6 Å². The van der Waals surface area contributed by atoms with E-state index in [-0.39, 0.29) is 17.5 Å². The van der Waals surface area contributed by atoms with Crippen LogP contribution in [0.1, 0.15) is 35.5 Å². The highest BCUT2D eigenvalue weighted by Crippen LogP contribution is 2.25. The Kier molecular flexibility index (Phi) is 7.47. The monoisotopic (exact) mass is 480 g/mol. The average molecular weight is 481 g/mol. The molecule has 2 amide bonds. The number of furan rings is 1. The van der Waals surface area contributed by atoms with Crippen LogP contribution >= 0.6 is 15.9 Å². The molecule has 1 aromatic heterocycles. The summed E-state index contributed by atoms with van der Waals surface area (Å²) >= 11 is 3.42. The summed E-state index contributed by atoms with van der Waals surface area (Å²) in [6.45, 7) is 6.83. The van der Waals surface area contributed by atoms with Crippen molar-refractivity contribution in [2.75, 3.05) is 13.1 Å². The smallest absolute Gasteiger partial charge is 0.270 e. The van der Waals surface area contributed by atoms with E-state index in [4.69, 9.17) is 4.42 Å². The predicted octanol–water partition coefficient (Wildman–Crippen LogP) is 5.66. The lowest BCUT2D eigenvalue weighted by Gasteiger charge is -2.20. The number of rotatable bonds is 7. The fourth-order valence-corrected chi connectivity index (χ4v) is 3.34. The molecule has 0 fully saturated rings. The molecule has 3 rings (SSSR count). The van der Waals surface area contributed by atoms with Gasteiger partial charge in [-0.05, 0) is 57.2 Å².